The number of allylic oxidation sites excluding steroid dienone is 2. The van der Waals surface area contributed by atoms with Crippen molar-refractivity contribution in [3.8, 4) is 0 Å². The second-order valence-corrected chi connectivity index (χ2v) is 31.5. The average Bonchev–Trinajstić information content (AvgIpc) is 0.675. The van der Waals surface area contributed by atoms with E-state index in [9.17, 15) is 97.0 Å². The van der Waals surface area contributed by atoms with Gasteiger partial charge >= 0.3 is 5.97 Å². The number of aliphatic hydroxyl groups excluding tert-OH is 19. The van der Waals surface area contributed by atoms with Crippen molar-refractivity contribution in [2.24, 2.45) is 50.2 Å². The van der Waals surface area contributed by atoms with Crippen LogP contribution < -0.4 is 0 Å². The topological polar surface area (TPSA) is 512 Å². The van der Waals surface area contributed by atoms with Crippen LogP contribution in [0.2, 0.25) is 0 Å². The Morgan fingerprint density at radius 1 is 0.536 bits per heavy atom. The second-order valence-electron chi connectivity index (χ2n) is 31.5. The molecule has 6 saturated heterocycles. The van der Waals surface area contributed by atoms with E-state index in [-0.39, 0.29) is 35.2 Å². The quantitative estimate of drug-likeness (QED) is 0.0367. The van der Waals surface area contributed by atoms with Gasteiger partial charge in [0.1, 0.15) is 128 Å². The fourth-order valence-electron chi connectivity index (χ4n) is 19.0. The summed E-state index contributed by atoms with van der Waals surface area (Å²) in [6.45, 7) is 9.70. The van der Waals surface area contributed by atoms with Crippen molar-refractivity contribution in [1.82, 2.24) is 0 Å². The summed E-state index contributed by atoms with van der Waals surface area (Å²) < 4.78 is 70.9. The zero-order valence-electron chi connectivity index (χ0n) is 55.8. The van der Waals surface area contributed by atoms with Gasteiger partial charge in [0, 0.05) is 5.41 Å². The highest BCUT2D eigenvalue weighted by molar-refractivity contribution is 5.79. The molecule has 0 radical (unpaired) electrons. The molecule has 6 aliphatic heterocycles. The lowest BCUT2D eigenvalue weighted by atomic mass is 9.33. The SMILES string of the molecule is C[C@@H]1O[C@@H](O[C@@H]2[C@@H](O)[C@H](O[C@]3(CO)CO[C@@H](O[C@H]4CC[C@]5(C)[C@@H](CC[C@]6(C)[C@@H]5CC=C5[C@H]7CC(C)(C)CC[C@]7(C(=O)O[C@@H]7O[C@H](CO[C@@H]8O[C@H](CO)[C@@H](O)[C@H](O)[C@H]8O)[C@@H](O)[C@H](O)[C@H]7O)CC[C@]56C)[C@]4(C)CO)[C@H](O)[C@H]3O)O[C@H](CO)[C@H]2O)[C@H](O[C@@H]2OC[C@H](O)[C@H](O)[C@H]2O)[C@H](O)[C@H]1O. The standard InChI is InChI=1S/C65H106O32/c1-26-36(71)43(78)50(95-53-44(79)37(72)29(70)21-86-53)57(89-26)94-49-40(75)31(20-67)91-56(47(49)82)97-65(24-69)25-88-54(48(83)51(65)84)93-35-11-12-60(4)33(61(35,5)23-68)10-13-63(7)34(60)9-8-27-28-18-59(2,3)14-16-64(28,17-15-62(27,63)6)58(85)96-55-46(81)42(77)39(74)32(92-55)22-87-52-45(80)41(76)38(73)30(19-66)90-52/h8,26,28-57,66-84H,9-25H2,1-7H3/t26-,28+,29-,30+,31+,32+,33+,34+,35-,36-,37-,38+,39+,40+,41-,42-,43+,44+,45+,46+,47+,48+,49-,50+,51+,52+,53-,54-,55-,56-,57-,60+,61-,62+,63+,64-,65+/m0/s1. The maximum atomic E-state index is 15.2. The number of hydrogen-bond donors (Lipinski definition) is 19. The highest BCUT2D eigenvalue weighted by Gasteiger charge is 2.71. The summed E-state index contributed by atoms with van der Waals surface area (Å²) in [7, 11) is 0. The molecular weight excluding hydrogens is 1290 g/mol. The minimum atomic E-state index is -2.29. The maximum Gasteiger partial charge on any atom is 0.315 e. The van der Waals surface area contributed by atoms with Crippen molar-refractivity contribution < 1.29 is 159 Å². The molecule has 32 nitrogen and oxygen atoms in total. The summed E-state index contributed by atoms with van der Waals surface area (Å²) in [5.74, 6) is -1.06. The van der Waals surface area contributed by atoms with Gasteiger partial charge in [-0.3, -0.25) is 4.79 Å². The van der Waals surface area contributed by atoms with Crippen molar-refractivity contribution in [1.29, 1.82) is 0 Å². The van der Waals surface area contributed by atoms with E-state index in [0.717, 1.165) is 5.57 Å². The molecule has 4 saturated carbocycles. The molecule has 10 fully saturated rings. The molecule has 32 heteroatoms. The van der Waals surface area contributed by atoms with Crippen molar-refractivity contribution in [3.05, 3.63) is 11.6 Å². The molecule has 6 heterocycles. The van der Waals surface area contributed by atoms with E-state index in [4.69, 9.17) is 56.8 Å². The van der Waals surface area contributed by atoms with Crippen LogP contribution in [-0.4, -0.2) is 327 Å². The number of fused-ring (bicyclic) bond motifs is 7. The molecule has 558 valence electrons. The third-order valence-corrected chi connectivity index (χ3v) is 25.5. The van der Waals surface area contributed by atoms with Gasteiger partial charge in [-0.25, -0.2) is 0 Å². The molecule has 0 aromatic heterocycles. The summed E-state index contributed by atoms with van der Waals surface area (Å²) in [6.07, 6.45) is -39.6. The van der Waals surface area contributed by atoms with E-state index in [1.54, 1.807) is 0 Å². The number of carbonyl (C=O) groups is 1. The lowest BCUT2D eigenvalue weighted by Crippen LogP contribution is -2.70. The van der Waals surface area contributed by atoms with E-state index >= 15 is 4.79 Å². The van der Waals surface area contributed by atoms with Crippen molar-refractivity contribution >= 4 is 5.97 Å². The van der Waals surface area contributed by atoms with Crippen LogP contribution in [0.3, 0.4) is 0 Å². The Kier molecular flexibility index (Phi) is 22.4. The second kappa shape index (κ2) is 28.5. The van der Waals surface area contributed by atoms with Crippen LogP contribution >= 0.6 is 0 Å². The Morgan fingerprint density at radius 3 is 1.81 bits per heavy atom. The predicted octanol–water partition coefficient (Wildman–Crippen LogP) is -5.75. The number of ether oxygens (including phenoxy) is 12. The largest absolute Gasteiger partial charge is 0.432 e. The number of esters is 1. The Labute approximate surface area is 561 Å². The van der Waals surface area contributed by atoms with Gasteiger partial charge in [0.05, 0.1) is 63.9 Å². The molecule has 97 heavy (non-hydrogen) atoms. The van der Waals surface area contributed by atoms with E-state index in [1.807, 2.05) is 6.92 Å². The van der Waals surface area contributed by atoms with E-state index in [1.165, 1.54) is 6.92 Å². The number of aliphatic hydroxyl groups is 19. The van der Waals surface area contributed by atoms with Crippen molar-refractivity contribution in [2.45, 2.75) is 290 Å². The summed E-state index contributed by atoms with van der Waals surface area (Å²) in [5, 5.41) is 207. The molecule has 0 aromatic rings. The lowest BCUT2D eigenvalue weighted by molar-refractivity contribution is -0.401. The summed E-state index contributed by atoms with van der Waals surface area (Å²) in [5.41, 5.74) is -4.61. The molecular formula is C65H106O32. The van der Waals surface area contributed by atoms with Gasteiger partial charge < -0.3 is 154 Å². The average molecular weight is 1400 g/mol. The van der Waals surface area contributed by atoms with Gasteiger partial charge in [-0.1, -0.05) is 53.2 Å². The van der Waals surface area contributed by atoms with E-state index < -0.39 is 245 Å². The van der Waals surface area contributed by atoms with Gasteiger partial charge in [-0.05, 0) is 111 Å². The Hall–Kier alpha value is -1.99. The van der Waals surface area contributed by atoms with Gasteiger partial charge in [0.15, 0.2) is 31.5 Å². The fourth-order valence-corrected chi connectivity index (χ4v) is 19.0. The Morgan fingerprint density at radius 2 is 1.14 bits per heavy atom. The van der Waals surface area contributed by atoms with E-state index in [2.05, 4.69) is 40.7 Å². The van der Waals surface area contributed by atoms with Crippen LogP contribution in [0.1, 0.15) is 113 Å². The first kappa shape index (κ1) is 76.1. The molecule has 19 N–H and O–H groups in total. The van der Waals surface area contributed by atoms with Crippen LogP contribution in [0.15, 0.2) is 11.6 Å². The molecule has 11 aliphatic rings. The predicted molar refractivity (Wildman–Crippen MR) is 322 cm³/mol. The first-order chi connectivity index (χ1) is 45.6. The van der Waals surface area contributed by atoms with E-state index in [0.29, 0.717) is 64.2 Å². The summed E-state index contributed by atoms with van der Waals surface area (Å²) in [4.78, 5) is 15.2. The molecule has 0 spiro atoms. The molecule has 0 bridgehead atoms. The van der Waals surface area contributed by atoms with Gasteiger partial charge in [0.25, 0.3) is 0 Å². The minimum Gasteiger partial charge on any atom is -0.432 e. The number of hydrogen-bond acceptors (Lipinski definition) is 32. The summed E-state index contributed by atoms with van der Waals surface area (Å²) >= 11 is 0. The molecule has 5 aliphatic carbocycles. The zero-order chi connectivity index (χ0) is 70.8. The molecule has 0 aromatic carbocycles. The van der Waals surface area contributed by atoms with Crippen LogP contribution in [0.4, 0.5) is 0 Å². The highest BCUT2D eigenvalue weighted by atomic mass is 16.8. The first-order valence-electron chi connectivity index (χ1n) is 34.2. The van der Waals surface area contributed by atoms with Crippen molar-refractivity contribution in [3.63, 3.8) is 0 Å². The third-order valence-electron chi connectivity index (χ3n) is 25.5. The lowest BCUT2D eigenvalue weighted by Gasteiger charge is -2.71. The fraction of sp³-hybridized carbons (Fsp3) is 0.954. The van der Waals surface area contributed by atoms with Gasteiger partial charge in [0.2, 0.25) is 6.29 Å². The van der Waals surface area contributed by atoms with Crippen LogP contribution in [-0.2, 0) is 61.6 Å². The zero-order valence-corrected chi connectivity index (χ0v) is 55.8. The summed E-state index contributed by atoms with van der Waals surface area (Å²) in [6, 6.07) is 0. The van der Waals surface area contributed by atoms with Crippen LogP contribution in [0.25, 0.3) is 0 Å². The molecule has 0 unspecified atom stereocenters. The molecule has 0 amide bonds. The Bertz CT molecular complexity index is 2730. The molecule has 37 atom stereocenters. The number of carbonyl (C=O) groups excluding carboxylic acids is 1. The van der Waals surface area contributed by atoms with Gasteiger partial charge in [-0.15, -0.1) is 0 Å². The number of rotatable bonds is 17. The minimum absolute atomic E-state index is 0.0507. The maximum absolute atomic E-state index is 15.2. The highest BCUT2D eigenvalue weighted by Crippen LogP contribution is 2.76. The Balaban J connectivity index is 0.764. The monoisotopic (exact) mass is 1400 g/mol. The van der Waals surface area contributed by atoms with Gasteiger partial charge in [-0.2, -0.15) is 0 Å². The normalized spacial score (nSPS) is 54.7. The molecule has 11 rings (SSSR count). The van der Waals surface area contributed by atoms with Crippen LogP contribution in [0.5, 0.6) is 0 Å². The first-order valence-corrected chi connectivity index (χ1v) is 34.2. The third kappa shape index (κ3) is 12.9. The van der Waals surface area contributed by atoms with Crippen molar-refractivity contribution in [2.75, 3.05) is 46.2 Å². The smallest absolute Gasteiger partial charge is 0.315 e. The van der Waals surface area contributed by atoms with Crippen LogP contribution in [0, 0.1) is 50.2 Å².